The van der Waals surface area contributed by atoms with Gasteiger partial charge < -0.3 is 4.57 Å². The van der Waals surface area contributed by atoms with Gasteiger partial charge in [-0.2, -0.15) is 0 Å². The largest absolute Gasteiger partial charge is 0.319 e. The van der Waals surface area contributed by atoms with Crippen LogP contribution in [0.2, 0.25) is 0 Å². The smallest absolute Gasteiger partial charge is 0.173 e. The van der Waals surface area contributed by atoms with E-state index in [2.05, 4.69) is 54.0 Å². The zero-order valence-corrected chi connectivity index (χ0v) is 16.5. The molecule has 1 aliphatic rings. The third-order valence-corrected chi connectivity index (χ3v) is 6.36. The molecule has 0 bridgehead atoms. The first-order chi connectivity index (χ1) is 13.7. The summed E-state index contributed by atoms with van der Waals surface area (Å²) >= 11 is 1.52. The van der Waals surface area contributed by atoms with Crippen molar-refractivity contribution in [3.8, 4) is 11.1 Å². The number of fused-ring (bicyclic) bond motifs is 4. The van der Waals surface area contributed by atoms with Crippen LogP contribution in [-0.4, -0.2) is 21.1 Å². The zero-order valence-electron chi connectivity index (χ0n) is 15.7. The van der Waals surface area contributed by atoms with Crippen LogP contribution >= 0.6 is 11.8 Å². The van der Waals surface area contributed by atoms with Crippen molar-refractivity contribution in [2.45, 2.75) is 25.0 Å². The fraction of sp³-hybridized carbons (Fsp3) is 0.167. The molecule has 4 heteroatoms. The van der Waals surface area contributed by atoms with Gasteiger partial charge in [-0.1, -0.05) is 60.3 Å². The third kappa shape index (κ3) is 2.85. The van der Waals surface area contributed by atoms with Crippen LogP contribution in [0.4, 0.5) is 0 Å². The summed E-state index contributed by atoms with van der Waals surface area (Å²) in [6, 6.07) is 22.7. The van der Waals surface area contributed by atoms with Crippen molar-refractivity contribution < 1.29 is 4.79 Å². The molecular formula is C24H20N2OS. The summed E-state index contributed by atoms with van der Waals surface area (Å²) < 4.78 is 2.17. The molecule has 1 heterocycles. The number of rotatable bonds is 5. The predicted octanol–water partition coefficient (Wildman–Crippen LogP) is 5.60. The normalized spacial score (nSPS) is 12.2. The summed E-state index contributed by atoms with van der Waals surface area (Å²) in [4.78, 5) is 17.6. The average molecular weight is 385 g/mol. The van der Waals surface area contributed by atoms with E-state index in [1.807, 2.05) is 24.3 Å². The van der Waals surface area contributed by atoms with Gasteiger partial charge in [-0.3, -0.25) is 4.79 Å². The van der Waals surface area contributed by atoms with Gasteiger partial charge in [0, 0.05) is 12.1 Å². The van der Waals surface area contributed by atoms with E-state index in [0.29, 0.717) is 5.75 Å². The highest BCUT2D eigenvalue weighted by Crippen LogP contribution is 2.37. The van der Waals surface area contributed by atoms with Crippen LogP contribution in [0.1, 0.15) is 28.4 Å². The fourth-order valence-corrected chi connectivity index (χ4v) is 4.95. The first-order valence-corrected chi connectivity index (χ1v) is 10.6. The minimum atomic E-state index is 0.145. The Morgan fingerprint density at radius 3 is 2.68 bits per heavy atom. The van der Waals surface area contributed by atoms with Crippen molar-refractivity contribution in [2.24, 2.45) is 0 Å². The van der Waals surface area contributed by atoms with E-state index >= 15 is 0 Å². The molecule has 3 aromatic carbocycles. The Kier molecular flexibility index (Phi) is 4.29. The van der Waals surface area contributed by atoms with E-state index < -0.39 is 0 Å². The van der Waals surface area contributed by atoms with Gasteiger partial charge in [-0.25, -0.2) is 4.98 Å². The van der Waals surface area contributed by atoms with Crippen molar-refractivity contribution >= 4 is 28.6 Å². The van der Waals surface area contributed by atoms with Gasteiger partial charge in [-0.15, -0.1) is 0 Å². The maximum absolute atomic E-state index is 12.9. The zero-order chi connectivity index (χ0) is 19.1. The number of ketones is 1. The molecule has 0 radical (unpaired) electrons. The van der Waals surface area contributed by atoms with E-state index in [1.54, 1.807) is 0 Å². The summed E-state index contributed by atoms with van der Waals surface area (Å²) in [6.07, 6.45) is 0.954. The number of aryl methyl sites for hydroxylation is 1. The van der Waals surface area contributed by atoms with E-state index in [4.69, 9.17) is 4.98 Å². The first-order valence-electron chi connectivity index (χ1n) is 9.57. The summed E-state index contributed by atoms with van der Waals surface area (Å²) in [5.74, 6) is 0.538. The van der Waals surface area contributed by atoms with E-state index in [9.17, 15) is 4.79 Å². The Morgan fingerprint density at radius 2 is 1.79 bits per heavy atom. The van der Waals surface area contributed by atoms with Gasteiger partial charge >= 0.3 is 0 Å². The molecule has 0 aliphatic heterocycles. The number of thioether (sulfide) groups is 1. The highest BCUT2D eigenvalue weighted by Gasteiger charge is 2.20. The van der Waals surface area contributed by atoms with Gasteiger partial charge in [0.1, 0.15) is 0 Å². The molecule has 0 amide bonds. The number of hydrogen-bond acceptors (Lipinski definition) is 3. The second-order valence-corrected chi connectivity index (χ2v) is 7.99. The summed E-state index contributed by atoms with van der Waals surface area (Å²) in [7, 11) is 0. The van der Waals surface area contributed by atoms with Crippen molar-refractivity contribution in [3.05, 3.63) is 83.4 Å². The van der Waals surface area contributed by atoms with Crippen LogP contribution in [0.15, 0.2) is 71.9 Å². The van der Waals surface area contributed by atoms with Crippen LogP contribution < -0.4 is 0 Å². The molecule has 0 saturated heterocycles. The Bertz CT molecular complexity index is 1210. The molecule has 5 rings (SSSR count). The van der Waals surface area contributed by atoms with Gasteiger partial charge in [0.2, 0.25) is 0 Å². The minimum absolute atomic E-state index is 0.145. The predicted molar refractivity (Wildman–Crippen MR) is 115 cm³/mol. The van der Waals surface area contributed by atoms with Crippen molar-refractivity contribution in [1.29, 1.82) is 0 Å². The lowest BCUT2D eigenvalue weighted by Crippen LogP contribution is -2.05. The van der Waals surface area contributed by atoms with Gasteiger partial charge in [0.05, 0.1) is 16.8 Å². The Morgan fingerprint density at radius 1 is 1.00 bits per heavy atom. The molecule has 0 fully saturated rings. The molecule has 28 heavy (non-hydrogen) atoms. The summed E-state index contributed by atoms with van der Waals surface area (Å²) in [6.45, 7) is 2.95. The van der Waals surface area contributed by atoms with Crippen LogP contribution in [0.5, 0.6) is 0 Å². The molecular weight excluding hydrogens is 364 g/mol. The van der Waals surface area contributed by atoms with Crippen LogP contribution in [0.3, 0.4) is 0 Å². The first kappa shape index (κ1) is 17.3. The summed E-state index contributed by atoms with van der Waals surface area (Å²) in [5.41, 5.74) is 7.98. The number of hydrogen-bond donors (Lipinski definition) is 0. The molecule has 1 aromatic heterocycles. The summed E-state index contributed by atoms with van der Waals surface area (Å²) in [5, 5.41) is 0.906. The molecule has 4 aromatic rings. The second kappa shape index (κ2) is 6.95. The monoisotopic (exact) mass is 384 g/mol. The standard InChI is InChI=1S/C24H20N2OS/c1-2-26-22-10-6-5-9-21(22)25-24(26)28-15-23(27)18-12-11-17-13-16-7-3-4-8-19(16)20(17)14-18/h3-12,14H,2,13,15H2,1H3. The number of carbonyl (C=O) groups excluding carboxylic acids is 1. The molecule has 1 aliphatic carbocycles. The number of benzene rings is 3. The van der Waals surface area contributed by atoms with Gasteiger partial charge in [0.25, 0.3) is 0 Å². The minimum Gasteiger partial charge on any atom is -0.319 e. The Labute approximate surface area is 168 Å². The maximum Gasteiger partial charge on any atom is 0.173 e. The number of para-hydroxylation sites is 2. The molecule has 138 valence electrons. The number of carbonyl (C=O) groups is 1. The number of imidazole rings is 1. The Balaban J connectivity index is 1.39. The Hall–Kier alpha value is -2.85. The van der Waals surface area contributed by atoms with E-state index in [-0.39, 0.29) is 5.78 Å². The van der Waals surface area contributed by atoms with Gasteiger partial charge in [0.15, 0.2) is 10.9 Å². The number of aromatic nitrogens is 2. The molecule has 3 nitrogen and oxygen atoms in total. The average Bonchev–Trinajstić information content (AvgIpc) is 3.29. The highest BCUT2D eigenvalue weighted by molar-refractivity contribution is 7.99. The van der Waals surface area contributed by atoms with Crippen LogP contribution in [0, 0.1) is 0 Å². The van der Waals surface area contributed by atoms with Crippen molar-refractivity contribution in [2.75, 3.05) is 5.75 Å². The SMILES string of the molecule is CCn1c(SCC(=O)c2ccc3c(c2)-c2ccccc2C3)nc2ccccc21. The molecule has 0 N–H and O–H groups in total. The lowest BCUT2D eigenvalue weighted by Gasteiger charge is -2.07. The molecule has 0 saturated carbocycles. The van der Waals surface area contributed by atoms with Crippen LogP contribution in [-0.2, 0) is 13.0 Å². The molecule has 0 spiro atoms. The van der Waals surface area contributed by atoms with E-state index in [1.165, 1.54) is 34.0 Å². The number of nitrogens with zero attached hydrogens (tertiary/aromatic N) is 2. The van der Waals surface area contributed by atoms with Crippen molar-refractivity contribution in [3.63, 3.8) is 0 Å². The topological polar surface area (TPSA) is 34.9 Å². The van der Waals surface area contributed by atoms with Crippen LogP contribution in [0.25, 0.3) is 22.2 Å². The quantitative estimate of drug-likeness (QED) is 0.292. The second-order valence-electron chi connectivity index (χ2n) is 7.05. The van der Waals surface area contributed by atoms with E-state index in [0.717, 1.165) is 34.7 Å². The molecule has 0 atom stereocenters. The van der Waals surface area contributed by atoms with Gasteiger partial charge in [-0.05, 0) is 53.8 Å². The highest BCUT2D eigenvalue weighted by atomic mass is 32.2. The maximum atomic E-state index is 12.9. The number of Topliss-reactive ketones (excluding diaryl/α,β-unsaturated/α-hetero) is 1. The third-order valence-electron chi connectivity index (χ3n) is 5.39. The lowest BCUT2D eigenvalue weighted by molar-refractivity contribution is 0.102. The molecule has 0 unspecified atom stereocenters. The fourth-order valence-electron chi connectivity index (χ4n) is 3.98. The lowest BCUT2D eigenvalue weighted by atomic mass is 10.0. The van der Waals surface area contributed by atoms with Crippen molar-refractivity contribution in [1.82, 2.24) is 9.55 Å².